The minimum atomic E-state index is -0.0544. The summed E-state index contributed by atoms with van der Waals surface area (Å²) < 4.78 is 0. The Morgan fingerprint density at radius 2 is 1.95 bits per heavy atom. The van der Waals surface area contributed by atoms with E-state index in [2.05, 4.69) is 55.4 Å². The van der Waals surface area contributed by atoms with E-state index in [0.717, 1.165) is 25.9 Å². The second kappa shape index (κ2) is 7.09. The molecule has 20 heavy (non-hydrogen) atoms. The van der Waals surface area contributed by atoms with Gasteiger partial charge in [-0.15, -0.1) is 0 Å². The molecule has 1 aliphatic rings. The van der Waals surface area contributed by atoms with E-state index in [0.29, 0.717) is 12.0 Å². The molecule has 0 saturated heterocycles. The average Bonchev–Trinajstić information content (AvgIpc) is 2.43. The van der Waals surface area contributed by atoms with E-state index in [-0.39, 0.29) is 6.10 Å². The third kappa shape index (κ3) is 3.97. The molecule has 1 aromatic rings. The molecule has 1 atom stereocenters. The van der Waals surface area contributed by atoms with Gasteiger partial charge < -0.3 is 15.3 Å². The lowest BCUT2D eigenvalue weighted by atomic mass is 9.82. The molecule has 0 aliphatic heterocycles. The summed E-state index contributed by atoms with van der Waals surface area (Å²) in [5.74, 6) is 0.653. The van der Waals surface area contributed by atoms with E-state index in [1.165, 1.54) is 17.7 Å². The molecule has 3 nitrogen and oxygen atoms in total. The Bertz CT molecular complexity index is 398. The maximum atomic E-state index is 9.34. The number of anilines is 1. The maximum Gasteiger partial charge on any atom is 0.0546 e. The summed E-state index contributed by atoms with van der Waals surface area (Å²) in [6.07, 6.45) is 3.03. The topological polar surface area (TPSA) is 35.5 Å². The number of aliphatic hydroxyl groups excluding tert-OH is 1. The van der Waals surface area contributed by atoms with Gasteiger partial charge in [0.1, 0.15) is 0 Å². The molecular weight excluding hydrogens is 248 g/mol. The zero-order valence-corrected chi connectivity index (χ0v) is 13.0. The first-order valence-corrected chi connectivity index (χ1v) is 7.82. The van der Waals surface area contributed by atoms with E-state index >= 15 is 0 Å². The van der Waals surface area contributed by atoms with Crippen molar-refractivity contribution < 1.29 is 5.11 Å². The van der Waals surface area contributed by atoms with Gasteiger partial charge in [0.15, 0.2) is 0 Å². The lowest BCUT2D eigenvalue weighted by molar-refractivity contribution is 0.0465. The number of hydrogen-bond donors (Lipinski definition) is 2. The Labute approximate surface area is 123 Å². The Morgan fingerprint density at radius 3 is 2.50 bits per heavy atom. The molecule has 2 N–H and O–H groups in total. The summed E-state index contributed by atoms with van der Waals surface area (Å²) in [5, 5.41) is 12.9. The second-order valence-electron chi connectivity index (χ2n) is 6.14. The smallest absolute Gasteiger partial charge is 0.0546 e. The highest BCUT2D eigenvalue weighted by Gasteiger charge is 2.27. The molecule has 3 heteroatoms. The summed E-state index contributed by atoms with van der Waals surface area (Å²) in [5.41, 5.74) is 2.60. The lowest BCUT2D eigenvalue weighted by Crippen LogP contribution is -2.37. The molecule has 1 aliphatic carbocycles. The first-order chi connectivity index (χ1) is 9.60. The third-order valence-electron chi connectivity index (χ3n) is 4.28. The highest BCUT2D eigenvalue weighted by atomic mass is 16.3. The summed E-state index contributed by atoms with van der Waals surface area (Å²) >= 11 is 0. The lowest BCUT2D eigenvalue weighted by Gasteiger charge is -2.35. The molecule has 1 aromatic carbocycles. The van der Waals surface area contributed by atoms with Crippen LogP contribution in [0.3, 0.4) is 0 Å². The van der Waals surface area contributed by atoms with Crippen molar-refractivity contribution in [1.82, 2.24) is 5.32 Å². The van der Waals surface area contributed by atoms with Crippen LogP contribution in [0.1, 0.15) is 44.7 Å². The van der Waals surface area contributed by atoms with E-state index in [9.17, 15) is 5.11 Å². The zero-order chi connectivity index (χ0) is 14.5. The minimum Gasteiger partial charge on any atom is -0.393 e. The van der Waals surface area contributed by atoms with Crippen LogP contribution in [0.25, 0.3) is 0 Å². The summed E-state index contributed by atoms with van der Waals surface area (Å²) in [6, 6.07) is 9.25. The first-order valence-electron chi connectivity index (χ1n) is 7.82. The Morgan fingerprint density at radius 1 is 1.30 bits per heavy atom. The predicted octanol–water partition coefficient (Wildman–Crippen LogP) is 2.95. The van der Waals surface area contributed by atoms with Crippen molar-refractivity contribution >= 4 is 5.69 Å². The standard InChI is InChI=1S/C17H28N2O/c1-4-9-18-13(2)15-5-7-16(8-6-15)19(3)12-14-10-17(20)11-14/h5-8,13-14,17-18,20H,4,9-12H2,1-3H3. The van der Waals surface area contributed by atoms with Crippen LogP contribution in [-0.2, 0) is 0 Å². The number of nitrogens with one attached hydrogen (secondary N) is 1. The van der Waals surface area contributed by atoms with Gasteiger partial charge in [0, 0.05) is 25.3 Å². The van der Waals surface area contributed by atoms with Crippen LogP contribution in [0, 0.1) is 5.92 Å². The second-order valence-corrected chi connectivity index (χ2v) is 6.14. The fourth-order valence-corrected chi connectivity index (χ4v) is 2.84. The molecule has 1 saturated carbocycles. The quantitative estimate of drug-likeness (QED) is 0.804. The molecular formula is C17H28N2O. The van der Waals surface area contributed by atoms with Gasteiger partial charge >= 0.3 is 0 Å². The number of rotatable bonds is 7. The fraction of sp³-hybridized carbons (Fsp3) is 0.647. The van der Waals surface area contributed by atoms with E-state index in [1.54, 1.807) is 0 Å². The van der Waals surface area contributed by atoms with Gasteiger partial charge in [0.2, 0.25) is 0 Å². The summed E-state index contributed by atoms with van der Waals surface area (Å²) in [7, 11) is 2.14. The van der Waals surface area contributed by atoms with Gasteiger partial charge in [0.05, 0.1) is 6.10 Å². The van der Waals surface area contributed by atoms with Crippen LogP contribution in [0.15, 0.2) is 24.3 Å². The molecule has 0 spiro atoms. The van der Waals surface area contributed by atoms with E-state index < -0.39 is 0 Å². The van der Waals surface area contributed by atoms with Crippen molar-refractivity contribution in [2.75, 3.05) is 25.0 Å². The number of aliphatic hydroxyl groups is 1. The summed E-state index contributed by atoms with van der Waals surface area (Å²) in [4.78, 5) is 2.30. The van der Waals surface area contributed by atoms with Crippen molar-refractivity contribution in [1.29, 1.82) is 0 Å². The molecule has 112 valence electrons. The molecule has 0 amide bonds. The van der Waals surface area contributed by atoms with Crippen LogP contribution < -0.4 is 10.2 Å². The predicted molar refractivity (Wildman–Crippen MR) is 85.2 cm³/mol. The van der Waals surface area contributed by atoms with Crippen LogP contribution in [0.2, 0.25) is 0 Å². The van der Waals surface area contributed by atoms with Gasteiger partial charge in [-0.3, -0.25) is 0 Å². The molecule has 0 bridgehead atoms. The van der Waals surface area contributed by atoms with Gasteiger partial charge in [-0.2, -0.15) is 0 Å². The number of hydrogen-bond acceptors (Lipinski definition) is 3. The Balaban J connectivity index is 1.86. The third-order valence-corrected chi connectivity index (χ3v) is 4.28. The average molecular weight is 276 g/mol. The monoisotopic (exact) mass is 276 g/mol. The molecule has 1 fully saturated rings. The largest absolute Gasteiger partial charge is 0.393 e. The van der Waals surface area contributed by atoms with Gasteiger partial charge in [-0.1, -0.05) is 19.1 Å². The van der Waals surface area contributed by atoms with Crippen molar-refractivity contribution in [3.05, 3.63) is 29.8 Å². The van der Waals surface area contributed by atoms with Crippen molar-refractivity contribution in [3.63, 3.8) is 0 Å². The normalized spacial score (nSPS) is 23.2. The number of benzene rings is 1. The van der Waals surface area contributed by atoms with Crippen LogP contribution in [0.5, 0.6) is 0 Å². The summed E-state index contributed by atoms with van der Waals surface area (Å²) in [6.45, 7) is 6.51. The van der Waals surface area contributed by atoms with E-state index in [4.69, 9.17) is 0 Å². The van der Waals surface area contributed by atoms with Crippen molar-refractivity contribution in [2.45, 2.75) is 45.3 Å². The SMILES string of the molecule is CCCNC(C)c1ccc(N(C)CC2CC(O)C2)cc1. The van der Waals surface area contributed by atoms with E-state index in [1.807, 2.05) is 0 Å². The van der Waals surface area contributed by atoms with Crippen LogP contribution >= 0.6 is 0 Å². The maximum absolute atomic E-state index is 9.34. The molecule has 1 unspecified atom stereocenters. The highest BCUT2D eigenvalue weighted by Crippen LogP contribution is 2.29. The fourth-order valence-electron chi connectivity index (χ4n) is 2.84. The Kier molecular flexibility index (Phi) is 5.44. The number of nitrogens with zero attached hydrogens (tertiary/aromatic N) is 1. The van der Waals surface area contributed by atoms with Crippen molar-refractivity contribution in [2.24, 2.45) is 5.92 Å². The van der Waals surface area contributed by atoms with Gasteiger partial charge in [-0.25, -0.2) is 0 Å². The highest BCUT2D eigenvalue weighted by molar-refractivity contribution is 5.47. The molecule has 0 radical (unpaired) electrons. The van der Waals surface area contributed by atoms with Gasteiger partial charge in [0.25, 0.3) is 0 Å². The van der Waals surface area contributed by atoms with Crippen LogP contribution in [0.4, 0.5) is 5.69 Å². The Hall–Kier alpha value is -1.06. The van der Waals surface area contributed by atoms with Gasteiger partial charge in [-0.05, 0) is 56.3 Å². The van der Waals surface area contributed by atoms with Crippen LogP contribution in [-0.4, -0.2) is 31.3 Å². The molecule has 0 aromatic heterocycles. The molecule has 0 heterocycles. The first kappa shape index (κ1) is 15.3. The molecule has 2 rings (SSSR count). The minimum absolute atomic E-state index is 0.0544. The van der Waals surface area contributed by atoms with Crippen molar-refractivity contribution in [3.8, 4) is 0 Å². The zero-order valence-electron chi connectivity index (χ0n) is 13.0.